The molecule has 0 radical (unpaired) electrons. The molecule has 6 nitrogen and oxygen atoms in total. The van der Waals surface area contributed by atoms with Crippen molar-refractivity contribution in [1.82, 2.24) is 15.2 Å². The second-order valence-electron chi connectivity index (χ2n) is 8.27. The van der Waals surface area contributed by atoms with Crippen LogP contribution in [-0.2, 0) is 10.2 Å². The summed E-state index contributed by atoms with van der Waals surface area (Å²) in [4.78, 5) is 17.1. The largest absolute Gasteiger partial charge is 0.494 e. The van der Waals surface area contributed by atoms with Crippen molar-refractivity contribution in [2.45, 2.75) is 57.0 Å². The van der Waals surface area contributed by atoms with E-state index in [0.717, 1.165) is 35.7 Å². The molecule has 0 saturated heterocycles. The maximum absolute atomic E-state index is 12.3. The van der Waals surface area contributed by atoms with Gasteiger partial charge in [0.2, 0.25) is 11.1 Å². The summed E-state index contributed by atoms with van der Waals surface area (Å²) in [5, 5.41) is 12.2. The Hall–Kier alpha value is -2.15. The summed E-state index contributed by atoms with van der Waals surface area (Å²) in [7, 11) is 0. The summed E-state index contributed by atoms with van der Waals surface area (Å²) in [6, 6.07) is 7.36. The fourth-order valence-corrected chi connectivity index (χ4v) is 5.14. The molecule has 1 aromatic carbocycles. The van der Waals surface area contributed by atoms with Gasteiger partial charge in [-0.2, -0.15) is 5.10 Å². The monoisotopic (exact) mass is 398 g/mol. The van der Waals surface area contributed by atoms with Crippen molar-refractivity contribution in [2.75, 3.05) is 17.7 Å². The van der Waals surface area contributed by atoms with E-state index in [1.807, 2.05) is 31.2 Å². The molecule has 148 valence electrons. The number of nitrogens with zero attached hydrogens (tertiary/aromatic N) is 3. The number of carbonyl (C=O) groups is 1. The molecule has 1 amide bonds. The van der Waals surface area contributed by atoms with E-state index in [-0.39, 0.29) is 22.5 Å². The molecule has 2 aromatic rings. The number of hydrogen-bond donors (Lipinski definition) is 1. The van der Waals surface area contributed by atoms with Crippen LogP contribution in [0.15, 0.2) is 29.4 Å². The molecule has 0 aliphatic heterocycles. The van der Waals surface area contributed by atoms with Crippen LogP contribution in [0.2, 0.25) is 0 Å². The van der Waals surface area contributed by atoms with Crippen molar-refractivity contribution in [1.29, 1.82) is 0 Å². The highest BCUT2D eigenvalue weighted by Crippen LogP contribution is 2.66. The minimum absolute atomic E-state index is 0.0445. The van der Waals surface area contributed by atoms with E-state index in [1.54, 1.807) is 0 Å². The summed E-state index contributed by atoms with van der Waals surface area (Å²) in [6.45, 7) is 9.47. The van der Waals surface area contributed by atoms with Crippen LogP contribution in [0.25, 0.3) is 0 Å². The molecule has 1 heterocycles. The van der Waals surface area contributed by atoms with Gasteiger partial charge in [-0.05, 0) is 49.4 Å². The highest BCUT2D eigenvalue weighted by Gasteiger charge is 2.61. The second kappa shape index (κ2) is 7.03. The quantitative estimate of drug-likeness (QED) is 0.736. The molecule has 1 aromatic heterocycles. The first-order valence-electron chi connectivity index (χ1n) is 9.76. The van der Waals surface area contributed by atoms with Gasteiger partial charge in [-0.25, -0.2) is 4.98 Å². The maximum atomic E-state index is 12.3. The zero-order valence-electron chi connectivity index (χ0n) is 16.8. The number of carbonyl (C=O) groups excluding carboxylic acids is 1. The summed E-state index contributed by atoms with van der Waals surface area (Å²) in [5.41, 5.74) is 3.09. The molecule has 2 atom stereocenters. The molecule has 2 aliphatic carbocycles. The maximum Gasteiger partial charge on any atom is 0.234 e. The first-order valence-corrected chi connectivity index (χ1v) is 10.7. The van der Waals surface area contributed by atoms with E-state index < -0.39 is 0 Å². The number of benzene rings is 1. The summed E-state index contributed by atoms with van der Waals surface area (Å²) < 4.78 is 5.41. The Morgan fingerprint density at radius 2 is 2.00 bits per heavy atom. The molecule has 1 saturated carbocycles. The lowest BCUT2D eigenvalue weighted by molar-refractivity contribution is -0.113. The fourth-order valence-electron chi connectivity index (χ4n) is 4.55. The van der Waals surface area contributed by atoms with Gasteiger partial charge < -0.3 is 10.1 Å². The number of anilines is 1. The molecule has 2 bridgehead atoms. The predicted molar refractivity (Wildman–Crippen MR) is 110 cm³/mol. The predicted octanol–water partition coefficient (Wildman–Crippen LogP) is 4.18. The van der Waals surface area contributed by atoms with E-state index in [2.05, 4.69) is 36.3 Å². The Labute approximate surface area is 169 Å². The van der Waals surface area contributed by atoms with Crippen LogP contribution in [-0.4, -0.2) is 33.4 Å². The normalized spacial score (nSPS) is 24.1. The Morgan fingerprint density at radius 1 is 1.25 bits per heavy atom. The number of fused-ring (bicyclic) bond motifs is 5. The molecular weight excluding hydrogens is 372 g/mol. The van der Waals surface area contributed by atoms with Crippen LogP contribution in [0, 0.1) is 5.41 Å². The van der Waals surface area contributed by atoms with E-state index in [9.17, 15) is 4.79 Å². The number of thioether (sulfide) groups is 1. The number of hydrogen-bond acceptors (Lipinski definition) is 6. The van der Waals surface area contributed by atoms with Gasteiger partial charge in [0.15, 0.2) is 0 Å². The molecule has 1 N–H and O–H groups in total. The first kappa shape index (κ1) is 19.2. The van der Waals surface area contributed by atoms with E-state index in [1.165, 1.54) is 11.8 Å². The van der Waals surface area contributed by atoms with Crippen LogP contribution in [0.3, 0.4) is 0 Å². The molecular formula is C21H26N4O2S. The SMILES string of the molecule is CCOc1ccc(NC(=O)CSc2nnc3c(n2)C2(C)CCC3C2(C)C)cc1. The molecule has 7 heteroatoms. The lowest BCUT2D eigenvalue weighted by Gasteiger charge is -2.33. The van der Waals surface area contributed by atoms with Crippen molar-refractivity contribution < 1.29 is 9.53 Å². The first-order chi connectivity index (χ1) is 13.3. The van der Waals surface area contributed by atoms with Crippen molar-refractivity contribution in [3.63, 3.8) is 0 Å². The van der Waals surface area contributed by atoms with Gasteiger partial charge in [0, 0.05) is 17.0 Å². The van der Waals surface area contributed by atoms with E-state index in [0.29, 0.717) is 17.7 Å². The third-order valence-corrected chi connectivity index (χ3v) is 7.39. The summed E-state index contributed by atoms with van der Waals surface area (Å²) in [5.74, 6) is 1.39. The standard InChI is InChI=1S/C21H26N4O2S/c1-5-27-14-8-6-13(7-9-14)22-16(26)12-28-19-23-18-17(24-25-19)15-10-11-21(18,4)20(15,2)3/h6-9,15H,5,10-12H2,1-4H3,(H,22,26). The number of aromatic nitrogens is 3. The minimum Gasteiger partial charge on any atom is -0.494 e. The Kier molecular flexibility index (Phi) is 4.81. The van der Waals surface area contributed by atoms with E-state index >= 15 is 0 Å². The third kappa shape index (κ3) is 3.05. The van der Waals surface area contributed by atoms with Crippen molar-refractivity contribution >= 4 is 23.4 Å². The molecule has 1 fully saturated rings. The Morgan fingerprint density at radius 3 is 2.71 bits per heavy atom. The average molecular weight is 399 g/mol. The average Bonchev–Trinajstić information content (AvgIpc) is 3.00. The Bertz CT molecular complexity index is 900. The van der Waals surface area contributed by atoms with Crippen LogP contribution >= 0.6 is 11.8 Å². The summed E-state index contributed by atoms with van der Waals surface area (Å²) >= 11 is 1.33. The van der Waals surface area contributed by atoms with Gasteiger partial charge in [-0.15, -0.1) is 5.10 Å². The van der Waals surface area contributed by atoms with Gasteiger partial charge in [0.25, 0.3) is 0 Å². The van der Waals surface area contributed by atoms with Gasteiger partial charge in [-0.3, -0.25) is 4.79 Å². The molecule has 0 spiro atoms. The zero-order chi connectivity index (χ0) is 19.9. The second-order valence-corrected chi connectivity index (χ2v) is 9.21. The number of amides is 1. The van der Waals surface area contributed by atoms with Crippen LogP contribution in [0.4, 0.5) is 5.69 Å². The Balaban J connectivity index is 1.39. The lowest BCUT2D eigenvalue weighted by atomic mass is 9.70. The summed E-state index contributed by atoms with van der Waals surface area (Å²) in [6.07, 6.45) is 2.29. The minimum atomic E-state index is -0.0914. The van der Waals surface area contributed by atoms with Crippen molar-refractivity contribution in [2.24, 2.45) is 5.41 Å². The van der Waals surface area contributed by atoms with E-state index in [4.69, 9.17) is 9.72 Å². The fraction of sp³-hybridized carbons (Fsp3) is 0.524. The number of ether oxygens (including phenoxy) is 1. The molecule has 2 aliphatic rings. The topological polar surface area (TPSA) is 77.0 Å². The van der Waals surface area contributed by atoms with Gasteiger partial charge in [-0.1, -0.05) is 32.5 Å². The molecule has 2 unspecified atom stereocenters. The van der Waals surface area contributed by atoms with Gasteiger partial charge in [0.1, 0.15) is 5.75 Å². The smallest absolute Gasteiger partial charge is 0.234 e. The van der Waals surface area contributed by atoms with Crippen LogP contribution < -0.4 is 10.1 Å². The molecule has 4 rings (SSSR count). The third-order valence-electron chi connectivity index (χ3n) is 6.55. The number of rotatable bonds is 6. The van der Waals surface area contributed by atoms with Crippen LogP contribution in [0.1, 0.15) is 57.8 Å². The van der Waals surface area contributed by atoms with Gasteiger partial charge >= 0.3 is 0 Å². The van der Waals surface area contributed by atoms with Gasteiger partial charge in [0.05, 0.1) is 23.7 Å². The lowest BCUT2D eigenvalue weighted by Crippen LogP contribution is -2.32. The highest BCUT2D eigenvalue weighted by molar-refractivity contribution is 7.99. The van der Waals surface area contributed by atoms with Crippen molar-refractivity contribution in [3.05, 3.63) is 35.7 Å². The zero-order valence-corrected chi connectivity index (χ0v) is 17.6. The number of nitrogens with one attached hydrogen (secondary N) is 1. The highest BCUT2D eigenvalue weighted by atomic mass is 32.2. The van der Waals surface area contributed by atoms with Crippen molar-refractivity contribution in [3.8, 4) is 5.75 Å². The molecule has 28 heavy (non-hydrogen) atoms. The van der Waals surface area contributed by atoms with Crippen LogP contribution in [0.5, 0.6) is 5.75 Å².